The Hall–Kier alpha value is -2.53. The first-order chi connectivity index (χ1) is 13.3. The van der Waals surface area contributed by atoms with Crippen molar-refractivity contribution in [1.29, 1.82) is 0 Å². The topological polar surface area (TPSA) is 193 Å². The molecule has 29 heavy (non-hydrogen) atoms. The molecule has 0 aliphatic heterocycles. The Morgan fingerprint density at radius 3 is 1.14 bits per heavy atom. The largest absolute Gasteiger partial charge is 0.478 e. The molecule has 7 N–H and O–H groups in total. The Balaban J connectivity index is -0.000000171. The van der Waals surface area contributed by atoms with E-state index in [2.05, 4.69) is 19.7 Å². The first kappa shape index (κ1) is 34.0. The minimum Gasteiger partial charge on any atom is -0.478 e. The van der Waals surface area contributed by atoms with E-state index >= 15 is 0 Å². The molecule has 0 saturated carbocycles. The number of carboxylic acid groups (broad SMARTS) is 3. The van der Waals surface area contributed by atoms with Crippen LogP contribution in [0.2, 0.25) is 0 Å². The summed E-state index contributed by atoms with van der Waals surface area (Å²) in [4.78, 5) is 27.8. The average Bonchev–Trinajstić information content (AvgIpc) is 2.69. The molecule has 0 bridgehead atoms. The van der Waals surface area contributed by atoms with Gasteiger partial charge in [0.25, 0.3) is 0 Å². The third kappa shape index (κ3) is 25.5. The SMILES string of the molecule is C=CC(=O)O.C=CC(=O)O.C=CC(=O)O.CC(C)CCC(O)C(CO)(CO)CO. The molecule has 0 aliphatic carbocycles. The zero-order valence-electron chi connectivity index (χ0n) is 16.9. The monoisotopic (exact) mass is 422 g/mol. The van der Waals surface area contributed by atoms with E-state index in [9.17, 15) is 19.5 Å². The molecular formula is C19H34O10. The maximum absolute atomic E-state index is 9.73. The van der Waals surface area contributed by atoms with Gasteiger partial charge in [0.15, 0.2) is 0 Å². The molecule has 0 heterocycles. The van der Waals surface area contributed by atoms with Gasteiger partial charge in [-0.05, 0) is 18.8 Å². The molecule has 1 unspecified atom stereocenters. The fourth-order valence-electron chi connectivity index (χ4n) is 1.26. The van der Waals surface area contributed by atoms with Crippen LogP contribution in [0, 0.1) is 11.3 Å². The smallest absolute Gasteiger partial charge is 0.327 e. The van der Waals surface area contributed by atoms with Gasteiger partial charge in [0.1, 0.15) is 0 Å². The van der Waals surface area contributed by atoms with Crippen LogP contribution in [0.1, 0.15) is 26.7 Å². The van der Waals surface area contributed by atoms with Crippen molar-refractivity contribution in [3.05, 3.63) is 38.0 Å². The molecule has 0 aromatic heterocycles. The van der Waals surface area contributed by atoms with Gasteiger partial charge in [0.05, 0.1) is 31.3 Å². The lowest BCUT2D eigenvalue weighted by atomic mass is 9.81. The Labute approximate surface area is 170 Å². The van der Waals surface area contributed by atoms with Crippen LogP contribution in [-0.4, -0.2) is 79.6 Å². The molecule has 0 rings (SSSR count). The normalized spacial score (nSPS) is 10.4. The minimum atomic E-state index is -1.16. The van der Waals surface area contributed by atoms with Gasteiger partial charge in [-0.1, -0.05) is 33.6 Å². The second-order valence-electron chi connectivity index (χ2n) is 5.95. The average molecular weight is 422 g/mol. The predicted octanol–water partition coefficient (Wildman–Crippen LogP) is 0.518. The number of rotatable bonds is 10. The molecule has 0 saturated heterocycles. The number of hydrogen-bond donors (Lipinski definition) is 7. The summed E-state index contributed by atoms with van der Waals surface area (Å²) in [6, 6.07) is 0. The van der Waals surface area contributed by atoms with Crippen molar-refractivity contribution in [3.8, 4) is 0 Å². The van der Waals surface area contributed by atoms with Gasteiger partial charge in [-0.3, -0.25) is 0 Å². The number of carbonyl (C=O) groups is 3. The number of hydrogen-bond acceptors (Lipinski definition) is 7. The lowest BCUT2D eigenvalue weighted by Crippen LogP contribution is -2.45. The van der Waals surface area contributed by atoms with Crippen LogP contribution >= 0.6 is 0 Å². The van der Waals surface area contributed by atoms with Crippen molar-refractivity contribution in [2.24, 2.45) is 11.3 Å². The van der Waals surface area contributed by atoms with Gasteiger partial charge < -0.3 is 35.7 Å². The molecule has 0 aromatic carbocycles. The standard InChI is InChI=1S/C10H22O4.3C3H4O2/c1-8(2)3-4-9(14)10(5-11,6-12)7-13;3*1-2-3(4)5/h8-9,11-14H,3-7H2,1-2H3;3*2H,1H2,(H,4,5). The van der Waals surface area contributed by atoms with Crippen LogP contribution in [-0.2, 0) is 14.4 Å². The Bertz CT molecular complexity index is 430. The van der Waals surface area contributed by atoms with Crippen LogP contribution in [0.25, 0.3) is 0 Å². The van der Waals surface area contributed by atoms with E-state index in [0.717, 1.165) is 24.6 Å². The summed E-state index contributed by atoms with van der Waals surface area (Å²) < 4.78 is 0. The molecule has 10 nitrogen and oxygen atoms in total. The second kappa shape index (κ2) is 21.8. The van der Waals surface area contributed by atoms with Gasteiger partial charge in [0.2, 0.25) is 0 Å². The molecule has 1 atom stereocenters. The first-order valence-electron chi connectivity index (χ1n) is 8.40. The third-order valence-electron chi connectivity index (χ3n) is 3.19. The highest BCUT2D eigenvalue weighted by molar-refractivity contribution is 5.79. The highest BCUT2D eigenvalue weighted by atomic mass is 16.4. The lowest BCUT2D eigenvalue weighted by Gasteiger charge is -2.33. The fraction of sp³-hybridized carbons (Fsp3) is 0.526. The molecule has 0 radical (unpaired) electrons. The van der Waals surface area contributed by atoms with E-state index in [1.165, 1.54) is 0 Å². The molecule has 0 aromatic rings. The van der Waals surface area contributed by atoms with Gasteiger partial charge in [-0.15, -0.1) is 0 Å². The highest BCUT2D eigenvalue weighted by Crippen LogP contribution is 2.25. The maximum Gasteiger partial charge on any atom is 0.327 e. The van der Waals surface area contributed by atoms with Crippen molar-refractivity contribution in [1.82, 2.24) is 0 Å². The number of aliphatic hydroxyl groups is 4. The highest BCUT2D eigenvalue weighted by Gasteiger charge is 2.36. The maximum atomic E-state index is 9.73. The van der Waals surface area contributed by atoms with Crippen molar-refractivity contribution in [2.45, 2.75) is 32.8 Å². The summed E-state index contributed by atoms with van der Waals surface area (Å²) in [6.45, 7) is 11.7. The van der Waals surface area contributed by atoms with Gasteiger partial charge in [-0.25, -0.2) is 14.4 Å². The van der Waals surface area contributed by atoms with Gasteiger partial charge in [-0.2, -0.15) is 0 Å². The van der Waals surface area contributed by atoms with E-state index in [-0.39, 0.29) is 0 Å². The van der Waals surface area contributed by atoms with E-state index < -0.39 is 49.2 Å². The van der Waals surface area contributed by atoms with Crippen LogP contribution in [0.5, 0.6) is 0 Å². The molecule has 0 spiro atoms. The predicted molar refractivity (Wildman–Crippen MR) is 107 cm³/mol. The van der Waals surface area contributed by atoms with Crippen LogP contribution in [0.3, 0.4) is 0 Å². The van der Waals surface area contributed by atoms with E-state index in [4.69, 9.17) is 30.6 Å². The fourth-order valence-corrected chi connectivity index (χ4v) is 1.26. The summed E-state index contributed by atoms with van der Waals surface area (Å²) in [5.41, 5.74) is -1.16. The van der Waals surface area contributed by atoms with Gasteiger partial charge in [0, 0.05) is 18.2 Å². The quantitative estimate of drug-likeness (QED) is 0.244. The zero-order valence-corrected chi connectivity index (χ0v) is 16.9. The van der Waals surface area contributed by atoms with Crippen molar-refractivity contribution in [2.75, 3.05) is 19.8 Å². The van der Waals surface area contributed by atoms with Crippen LogP contribution in [0.15, 0.2) is 38.0 Å². The molecule has 0 fully saturated rings. The number of aliphatic hydroxyl groups excluding tert-OH is 4. The molecule has 170 valence electrons. The van der Waals surface area contributed by atoms with Crippen molar-refractivity contribution in [3.63, 3.8) is 0 Å². The van der Waals surface area contributed by atoms with Crippen LogP contribution < -0.4 is 0 Å². The van der Waals surface area contributed by atoms with Gasteiger partial charge >= 0.3 is 17.9 Å². The summed E-state index contributed by atoms with van der Waals surface area (Å²) >= 11 is 0. The number of carboxylic acids is 3. The molecular weight excluding hydrogens is 388 g/mol. The Morgan fingerprint density at radius 2 is 1.00 bits per heavy atom. The Morgan fingerprint density at radius 1 is 0.759 bits per heavy atom. The molecule has 0 aliphatic rings. The lowest BCUT2D eigenvalue weighted by molar-refractivity contribution is -0.132. The zero-order chi connectivity index (χ0) is 24.0. The minimum absolute atomic E-state index is 0.404. The Kier molecular flexibility index (Phi) is 25.5. The first-order valence-corrected chi connectivity index (χ1v) is 8.40. The number of aliphatic carboxylic acids is 3. The summed E-state index contributed by atoms with van der Waals surface area (Å²) in [6.07, 6.45) is 2.94. The van der Waals surface area contributed by atoms with E-state index in [1.54, 1.807) is 0 Å². The summed E-state index contributed by atoms with van der Waals surface area (Å²) in [7, 11) is 0. The van der Waals surface area contributed by atoms with E-state index in [0.29, 0.717) is 12.3 Å². The molecule has 0 amide bonds. The van der Waals surface area contributed by atoms with Crippen molar-refractivity contribution < 1.29 is 50.1 Å². The third-order valence-corrected chi connectivity index (χ3v) is 3.19. The van der Waals surface area contributed by atoms with Crippen molar-refractivity contribution >= 4 is 17.9 Å². The summed E-state index contributed by atoms with van der Waals surface area (Å²) in [5.74, 6) is -2.49. The second-order valence-corrected chi connectivity index (χ2v) is 5.95. The van der Waals surface area contributed by atoms with Crippen LogP contribution in [0.4, 0.5) is 0 Å². The summed E-state index contributed by atoms with van der Waals surface area (Å²) in [5, 5.41) is 59.6. The molecule has 10 heteroatoms. The van der Waals surface area contributed by atoms with E-state index in [1.807, 2.05) is 13.8 Å².